The molecule has 96 valence electrons. The van der Waals surface area contributed by atoms with Crippen molar-refractivity contribution in [2.45, 2.75) is 32.6 Å². The molecule has 2 atom stereocenters. The lowest BCUT2D eigenvalue weighted by atomic mass is 9.68. The van der Waals surface area contributed by atoms with E-state index < -0.39 is 0 Å². The first kappa shape index (κ1) is 11.7. The van der Waals surface area contributed by atoms with Crippen LogP contribution in [0.5, 0.6) is 0 Å². The molecule has 3 heteroatoms. The molecule has 0 bridgehead atoms. The van der Waals surface area contributed by atoms with E-state index in [2.05, 4.69) is 6.08 Å². The minimum absolute atomic E-state index is 0.130. The fraction of sp³-hybridized carbons (Fsp3) is 0.533. The van der Waals surface area contributed by atoms with Gasteiger partial charge in [-0.05, 0) is 48.5 Å². The van der Waals surface area contributed by atoms with Crippen LogP contribution in [0.15, 0.2) is 35.2 Å². The largest absolute Gasteiger partial charge is 0.299 e. The Morgan fingerprint density at radius 1 is 1.44 bits per heavy atom. The van der Waals surface area contributed by atoms with Crippen LogP contribution in [-0.2, 0) is 9.63 Å². The molecule has 0 aromatic carbocycles. The Morgan fingerprint density at radius 3 is 3.06 bits per heavy atom. The zero-order chi connectivity index (χ0) is 12.7. The van der Waals surface area contributed by atoms with Gasteiger partial charge in [-0.25, -0.2) is 5.06 Å². The van der Waals surface area contributed by atoms with Crippen LogP contribution in [0.4, 0.5) is 0 Å². The lowest BCUT2D eigenvalue weighted by molar-refractivity contribution is -0.126. The number of ketones is 1. The van der Waals surface area contributed by atoms with Crippen molar-refractivity contribution < 1.29 is 9.63 Å². The molecule has 0 aromatic heterocycles. The molecule has 2 unspecified atom stereocenters. The first-order chi connectivity index (χ1) is 8.70. The van der Waals surface area contributed by atoms with Gasteiger partial charge in [-0.1, -0.05) is 6.92 Å². The number of rotatable bonds is 1. The molecule has 1 aliphatic heterocycles. The maximum Gasteiger partial charge on any atom is 0.143 e. The average Bonchev–Trinajstić information content (AvgIpc) is 2.56. The van der Waals surface area contributed by atoms with Crippen LogP contribution in [0.1, 0.15) is 32.6 Å². The van der Waals surface area contributed by atoms with E-state index in [0.717, 1.165) is 25.7 Å². The SMILES string of the molecule is CON1C=CC2=C3C(=C1)CC(C)C(=O)C3CCC2. The van der Waals surface area contributed by atoms with Gasteiger partial charge in [0.05, 0.1) is 7.11 Å². The van der Waals surface area contributed by atoms with Crippen molar-refractivity contribution in [3.05, 3.63) is 35.2 Å². The Kier molecular flexibility index (Phi) is 2.86. The van der Waals surface area contributed by atoms with Crippen molar-refractivity contribution in [1.82, 2.24) is 5.06 Å². The van der Waals surface area contributed by atoms with Crippen molar-refractivity contribution in [2.75, 3.05) is 7.11 Å². The van der Waals surface area contributed by atoms with Crippen LogP contribution < -0.4 is 0 Å². The third-order valence-corrected chi connectivity index (χ3v) is 4.25. The molecule has 0 spiro atoms. The fourth-order valence-corrected chi connectivity index (χ4v) is 3.37. The lowest BCUT2D eigenvalue weighted by Gasteiger charge is -2.35. The number of hydrogen-bond donors (Lipinski definition) is 0. The minimum atomic E-state index is 0.130. The minimum Gasteiger partial charge on any atom is -0.299 e. The van der Waals surface area contributed by atoms with E-state index >= 15 is 0 Å². The quantitative estimate of drug-likeness (QED) is 0.711. The number of carbonyl (C=O) groups excluding carboxylic acids is 1. The third kappa shape index (κ3) is 1.74. The summed E-state index contributed by atoms with van der Waals surface area (Å²) in [6.07, 6.45) is 10.2. The summed E-state index contributed by atoms with van der Waals surface area (Å²) in [5.74, 6) is 0.699. The summed E-state index contributed by atoms with van der Waals surface area (Å²) in [4.78, 5) is 17.6. The maximum atomic E-state index is 12.3. The maximum absolute atomic E-state index is 12.3. The molecule has 0 amide bonds. The molecule has 18 heavy (non-hydrogen) atoms. The fourth-order valence-electron chi connectivity index (χ4n) is 3.37. The number of allylic oxidation sites excluding steroid dienone is 4. The summed E-state index contributed by atoms with van der Waals surface area (Å²) in [5.41, 5.74) is 3.91. The zero-order valence-corrected chi connectivity index (χ0v) is 11.0. The molecule has 1 fully saturated rings. The van der Waals surface area contributed by atoms with Gasteiger partial charge in [0.1, 0.15) is 5.78 Å². The molecule has 0 saturated heterocycles. The molecule has 1 saturated carbocycles. The summed E-state index contributed by atoms with van der Waals surface area (Å²) in [6, 6.07) is 0. The van der Waals surface area contributed by atoms with Crippen LogP contribution in [0, 0.1) is 11.8 Å². The second kappa shape index (κ2) is 4.39. The Labute approximate surface area is 108 Å². The normalized spacial score (nSPS) is 31.1. The highest BCUT2D eigenvalue weighted by atomic mass is 16.7. The predicted octanol–water partition coefficient (Wildman–Crippen LogP) is 2.97. The van der Waals surface area contributed by atoms with Gasteiger partial charge < -0.3 is 0 Å². The monoisotopic (exact) mass is 245 g/mol. The van der Waals surface area contributed by atoms with E-state index in [1.54, 1.807) is 12.2 Å². The molecule has 3 nitrogen and oxygen atoms in total. The topological polar surface area (TPSA) is 29.5 Å². The highest BCUT2D eigenvalue weighted by Crippen LogP contribution is 2.44. The number of Topliss-reactive ketones (excluding diaryl/α,β-unsaturated/α-hetero) is 1. The lowest BCUT2D eigenvalue weighted by Crippen LogP contribution is -2.32. The molecule has 2 aliphatic carbocycles. The van der Waals surface area contributed by atoms with Crippen LogP contribution >= 0.6 is 0 Å². The van der Waals surface area contributed by atoms with E-state index in [1.807, 2.05) is 19.3 Å². The molecule has 0 N–H and O–H groups in total. The molecular weight excluding hydrogens is 226 g/mol. The first-order valence-electron chi connectivity index (χ1n) is 6.69. The van der Waals surface area contributed by atoms with Crippen LogP contribution in [0.25, 0.3) is 0 Å². The summed E-state index contributed by atoms with van der Waals surface area (Å²) >= 11 is 0. The van der Waals surface area contributed by atoms with Gasteiger partial charge in [0.25, 0.3) is 0 Å². The summed E-state index contributed by atoms with van der Waals surface area (Å²) < 4.78 is 0. The van der Waals surface area contributed by atoms with Crippen LogP contribution in [0.3, 0.4) is 0 Å². The molecular formula is C15H19NO2. The van der Waals surface area contributed by atoms with Gasteiger partial charge in [-0.3, -0.25) is 9.63 Å². The number of nitrogens with zero attached hydrogens (tertiary/aromatic N) is 1. The molecule has 0 aromatic rings. The Balaban J connectivity index is 2.09. The summed E-state index contributed by atoms with van der Waals surface area (Å²) in [5, 5.41) is 1.74. The summed E-state index contributed by atoms with van der Waals surface area (Å²) in [7, 11) is 1.67. The first-order valence-corrected chi connectivity index (χ1v) is 6.69. The van der Waals surface area contributed by atoms with E-state index in [9.17, 15) is 4.79 Å². The van der Waals surface area contributed by atoms with Crippen molar-refractivity contribution in [2.24, 2.45) is 11.8 Å². The highest BCUT2D eigenvalue weighted by Gasteiger charge is 2.38. The molecule has 1 heterocycles. The van der Waals surface area contributed by atoms with Crippen molar-refractivity contribution in [1.29, 1.82) is 0 Å². The van der Waals surface area contributed by atoms with Crippen LogP contribution in [0.2, 0.25) is 0 Å². The Hall–Kier alpha value is -1.35. The Morgan fingerprint density at radius 2 is 2.28 bits per heavy atom. The zero-order valence-electron chi connectivity index (χ0n) is 11.0. The van der Waals surface area contributed by atoms with Gasteiger partial charge in [0, 0.05) is 24.2 Å². The number of hydroxylamine groups is 2. The number of hydrogen-bond acceptors (Lipinski definition) is 3. The molecule has 0 radical (unpaired) electrons. The van der Waals surface area contributed by atoms with E-state index in [0.29, 0.717) is 5.78 Å². The van der Waals surface area contributed by atoms with E-state index in [1.165, 1.54) is 16.7 Å². The predicted molar refractivity (Wildman–Crippen MR) is 69.2 cm³/mol. The highest BCUT2D eigenvalue weighted by molar-refractivity contribution is 5.89. The van der Waals surface area contributed by atoms with Gasteiger partial charge in [0.2, 0.25) is 0 Å². The van der Waals surface area contributed by atoms with Crippen molar-refractivity contribution in [3.8, 4) is 0 Å². The number of carbonyl (C=O) groups is 1. The standard InChI is InChI=1S/C15H19NO2/c1-10-8-12-9-16(18-2)7-6-11-4-3-5-13(14(11)12)15(10)17/h6-7,9-10,13H,3-5,8H2,1-2H3. The second-order valence-electron chi connectivity index (χ2n) is 5.40. The van der Waals surface area contributed by atoms with Gasteiger partial charge >= 0.3 is 0 Å². The second-order valence-corrected chi connectivity index (χ2v) is 5.40. The van der Waals surface area contributed by atoms with E-state index in [4.69, 9.17) is 4.84 Å². The third-order valence-electron chi connectivity index (χ3n) is 4.25. The van der Waals surface area contributed by atoms with Crippen LogP contribution in [-0.4, -0.2) is 18.0 Å². The molecule has 3 rings (SSSR count). The summed E-state index contributed by atoms with van der Waals surface area (Å²) in [6.45, 7) is 2.05. The van der Waals surface area contributed by atoms with Crippen molar-refractivity contribution >= 4 is 5.78 Å². The average molecular weight is 245 g/mol. The van der Waals surface area contributed by atoms with Gasteiger partial charge in [-0.15, -0.1) is 0 Å². The smallest absolute Gasteiger partial charge is 0.143 e. The Bertz CT molecular complexity index is 473. The van der Waals surface area contributed by atoms with E-state index in [-0.39, 0.29) is 11.8 Å². The van der Waals surface area contributed by atoms with Gasteiger partial charge in [0.15, 0.2) is 0 Å². The van der Waals surface area contributed by atoms with Gasteiger partial charge in [-0.2, -0.15) is 0 Å². The van der Waals surface area contributed by atoms with Crippen molar-refractivity contribution in [3.63, 3.8) is 0 Å². The molecule has 3 aliphatic rings.